The number of carbonyl (C=O) groups is 2. The fourth-order valence-electron chi connectivity index (χ4n) is 2.33. The van der Waals surface area contributed by atoms with Gasteiger partial charge < -0.3 is 10.4 Å². The lowest BCUT2D eigenvalue weighted by molar-refractivity contribution is -0.141. The highest BCUT2D eigenvalue weighted by atomic mass is 32.2. The first-order valence-corrected chi connectivity index (χ1v) is 7.96. The number of urea groups is 1. The maximum Gasteiger partial charge on any atom is 0.327 e. The van der Waals surface area contributed by atoms with Crippen molar-refractivity contribution in [1.82, 2.24) is 20.0 Å². The van der Waals surface area contributed by atoms with E-state index in [9.17, 15) is 14.7 Å². The number of nitrogens with zero attached hydrogens (tertiary/aromatic N) is 3. The van der Waals surface area contributed by atoms with E-state index >= 15 is 0 Å². The quantitative estimate of drug-likeness (QED) is 0.854. The van der Waals surface area contributed by atoms with E-state index in [1.807, 2.05) is 13.1 Å². The van der Waals surface area contributed by atoms with Gasteiger partial charge in [-0.05, 0) is 6.42 Å². The minimum Gasteiger partial charge on any atom is -0.480 e. The van der Waals surface area contributed by atoms with Crippen LogP contribution in [0.1, 0.15) is 25.3 Å². The number of aryl methyl sites for hydroxylation is 1. The van der Waals surface area contributed by atoms with Crippen LogP contribution in [0.2, 0.25) is 0 Å². The maximum atomic E-state index is 12.3. The molecule has 1 aliphatic rings. The van der Waals surface area contributed by atoms with Crippen LogP contribution in [0, 0.1) is 0 Å². The zero-order valence-corrected chi connectivity index (χ0v) is 13.0. The fraction of sp³-hybridized carbons (Fsp3) is 0.615. The Hall–Kier alpha value is -1.70. The lowest BCUT2D eigenvalue weighted by atomic mass is 10.2. The zero-order chi connectivity index (χ0) is 15.4. The molecule has 2 rings (SSSR count). The van der Waals surface area contributed by atoms with Crippen molar-refractivity contribution in [3.63, 3.8) is 0 Å². The van der Waals surface area contributed by atoms with E-state index in [-0.39, 0.29) is 11.4 Å². The number of carboxylic acids is 1. The molecule has 116 valence electrons. The summed E-state index contributed by atoms with van der Waals surface area (Å²) in [6, 6.07) is -1.07. The first-order chi connectivity index (χ1) is 10.0. The minimum absolute atomic E-state index is 0.0648. The summed E-state index contributed by atoms with van der Waals surface area (Å²) in [6.45, 7) is 2.37. The van der Waals surface area contributed by atoms with E-state index in [0.717, 1.165) is 18.4 Å². The second-order valence-electron chi connectivity index (χ2n) is 5.02. The molecule has 1 aromatic heterocycles. The molecule has 7 nitrogen and oxygen atoms in total. The van der Waals surface area contributed by atoms with E-state index in [2.05, 4.69) is 10.4 Å². The van der Waals surface area contributed by atoms with Gasteiger partial charge in [-0.3, -0.25) is 9.58 Å². The molecule has 2 N–H and O–H groups in total. The molecule has 0 aliphatic carbocycles. The second-order valence-corrected chi connectivity index (χ2v) is 6.23. The Morgan fingerprint density at radius 2 is 2.33 bits per heavy atom. The van der Waals surface area contributed by atoms with Crippen LogP contribution in [0.3, 0.4) is 0 Å². The Morgan fingerprint density at radius 3 is 2.90 bits per heavy atom. The molecule has 1 fully saturated rings. The van der Waals surface area contributed by atoms with Crippen molar-refractivity contribution in [1.29, 1.82) is 0 Å². The van der Waals surface area contributed by atoms with Crippen molar-refractivity contribution in [3.05, 3.63) is 18.0 Å². The number of nitrogens with one attached hydrogen (secondary N) is 1. The Morgan fingerprint density at radius 1 is 1.57 bits per heavy atom. The third-order valence-electron chi connectivity index (χ3n) is 3.35. The van der Waals surface area contributed by atoms with Crippen LogP contribution < -0.4 is 5.32 Å². The van der Waals surface area contributed by atoms with Gasteiger partial charge in [0.05, 0.1) is 11.6 Å². The molecular weight excluding hydrogens is 292 g/mol. The number of carbonyl (C=O) groups excluding carboxylic acids is 1. The maximum absolute atomic E-state index is 12.3. The van der Waals surface area contributed by atoms with E-state index in [1.54, 1.807) is 17.9 Å². The number of hydrogen-bond acceptors (Lipinski definition) is 4. The molecule has 2 unspecified atom stereocenters. The van der Waals surface area contributed by atoms with Gasteiger partial charge in [0.1, 0.15) is 6.04 Å². The SMILES string of the molecule is CCCC1SCC(C(=O)O)N1C(=O)NCc1cnn(C)c1. The van der Waals surface area contributed by atoms with Gasteiger partial charge in [-0.2, -0.15) is 5.10 Å². The molecule has 1 aromatic rings. The van der Waals surface area contributed by atoms with Crippen molar-refractivity contribution in [3.8, 4) is 0 Å². The van der Waals surface area contributed by atoms with Crippen molar-refractivity contribution in [2.45, 2.75) is 37.7 Å². The van der Waals surface area contributed by atoms with E-state index in [1.165, 1.54) is 16.7 Å². The summed E-state index contributed by atoms with van der Waals surface area (Å²) in [5, 5.41) is 16.0. The zero-order valence-electron chi connectivity index (χ0n) is 12.2. The number of hydrogen-bond donors (Lipinski definition) is 2. The molecule has 2 atom stereocenters. The molecule has 1 saturated heterocycles. The van der Waals surface area contributed by atoms with Crippen LogP contribution in [0.5, 0.6) is 0 Å². The van der Waals surface area contributed by atoms with Gasteiger partial charge in [0, 0.05) is 31.1 Å². The third-order valence-corrected chi connectivity index (χ3v) is 4.71. The van der Waals surface area contributed by atoms with Crippen LogP contribution in [0.15, 0.2) is 12.4 Å². The van der Waals surface area contributed by atoms with Crippen LogP contribution in [-0.2, 0) is 18.4 Å². The van der Waals surface area contributed by atoms with Crippen molar-refractivity contribution >= 4 is 23.8 Å². The summed E-state index contributed by atoms with van der Waals surface area (Å²) in [5.74, 6) is -0.502. The molecule has 0 radical (unpaired) electrons. The Balaban J connectivity index is 2.00. The number of amides is 2. The standard InChI is InChI=1S/C13H20N4O3S/c1-3-4-11-17(10(8-21-11)12(18)19)13(20)14-5-9-6-15-16(2)7-9/h6-7,10-11H,3-5,8H2,1-2H3,(H,14,20)(H,18,19). The van der Waals surface area contributed by atoms with Gasteiger partial charge in [0.15, 0.2) is 0 Å². The fourth-order valence-corrected chi connectivity index (χ4v) is 3.84. The first kappa shape index (κ1) is 15.7. The average Bonchev–Trinajstić information content (AvgIpc) is 3.03. The minimum atomic E-state index is -0.947. The second kappa shape index (κ2) is 6.84. The lowest BCUT2D eigenvalue weighted by Gasteiger charge is -2.27. The number of carboxylic acid groups (broad SMARTS) is 1. The van der Waals surface area contributed by atoms with Crippen LogP contribution in [0.4, 0.5) is 4.79 Å². The van der Waals surface area contributed by atoms with Crippen LogP contribution in [-0.4, -0.2) is 49.0 Å². The average molecular weight is 312 g/mol. The van der Waals surface area contributed by atoms with E-state index < -0.39 is 12.0 Å². The highest BCUT2D eigenvalue weighted by Gasteiger charge is 2.41. The normalized spacial score (nSPS) is 21.5. The van der Waals surface area contributed by atoms with Crippen molar-refractivity contribution in [2.24, 2.45) is 7.05 Å². The highest BCUT2D eigenvalue weighted by Crippen LogP contribution is 2.32. The summed E-state index contributed by atoms with van der Waals surface area (Å²) in [4.78, 5) is 25.1. The molecular formula is C13H20N4O3S. The molecule has 0 saturated carbocycles. The van der Waals surface area contributed by atoms with Crippen LogP contribution in [0.25, 0.3) is 0 Å². The first-order valence-electron chi connectivity index (χ1n) is 6.91. The Labute approximate surface area is 127 Å². The molecule has 1 aliphatic heterocycles. The number of aromatic nitrogens is 2. The van der Waals surface area contributed by atoms with Gasteiger partial charge in [0.2, 0.25) is 0 Å². The smallest absolute Gasteiger partial charge is 0.327 e. The predicted octanol–water partition coefficient (Wildman–Crippen LogP) is 1.26. The summed E-state index contributed by atoms with van der Waals surface area (Å²) in [5.41, 5.74) is 0.886. The summed E-state index contributed by atoms with van der Waals surface area (Å²) in [7, 11) is 1.81. The topological polar surface area (TPSA) is 87.5 Å². The van der Waals surface area contributed by atoms with E-state index in [0.29, 0.717) is 12.3 Å². The third kappa shape index (κ3) is 3.69. The largest absolute Gasteiger partial charge is 0.480 e. The molecule has 21 heavy (non-hydrogen) atoms. The summed E-state index contributed by atoms with van der Waals surface area (Å²) >= 11 is 1.53. The van der Waals surface area contributed by atoms with Crippen LogP contribution >= 0.6 is 11.8 Å². The molecule has 2 amide bonds. The van der Waals surface area contributed by atoms with Crippen molar-refractivity contribution < 1.29 is 14.7 Å². The summed E-state index contributed by atoms with van der Waals surface area (Å²) in [6.07, 6.45) is 5.21. The number of thioether (sulfide) groups is 1. The van der Waals surface area contributed by atoms with Gasteiger partial charge in [-0.25, -0.2) is 9.59 Å². The molecule has 8 heteroatoms. The Kier molecular flexibility index (Phi) is 5.11. The van der Waals surface area contributed by atoms with Gasteiger partial charge in [-0.1, -0.05) is 13.3 Å². The molecule has 2 heterocycles. The number of rotatable bonds is 5. The summed E-state index contributed by atoms with van der Waals surface area (Å²) < 4.78 is 1.66. The number of aliphatic carboxylic acids is 1. The van der Waals surface area contributed by atoms with Gasteiger partial charge in [-0.15, -0.1) is 11.8 Å². The molecule has 0 aromatic carbocycles. The lowest BCUT2D eigenvalue weighted by Crippen LogP contribution is -2.49. The monoisotopic (exact) mass is 312 g/mol. The Bertz CT molecular complexity index is 519. The van der Waals surface area contributed by atoms with Gasteiger partial charge in [0.25, 0.3) is 0 Å². The predicted molar refractivity (Wildman–Crippen MR) is 79.9 cm³/mol. The molecule has 0 bridgehead atoms. The van der Waals surface area contributed by atoms with Gasteiger partial charge >= 0.3 is 12.0 Å². The van der Waals surface area contributed by atoms with E-state index in [4.69, 9.17) is 0 Å². The molecule has 0 spiro atoms. The van der Waals surface area contributed by atoms with Crippen molar-refractivity contribution in [2.75, 3.05) is 5.75 Å². The highest BCUT2D eigenvalue weighted by molar-refractivity contribution is 8.00.